The number of hydrogen-bond acceptors (Lipinski definition) is 1. The van der Waals surface area contributed by atoms with E-state index in [1.165, 1.54) is 11.3 Å². The Kier molecular flexibility index (Phi) is 10.7. The Labute approximate surface area is 83.9 Å². The van der Waals surface area contributed by atoms with Crippen LogP contribution in [0.2, 0.25) is 0 Å². The normalized spacial score (nSPS) is 10.9. The molecule has 1 N–H and O–H groups in total. The highest BCUT2D eigenvalue weighted by Gasteiger charge is 1.96. The summed E-state index contributed by atoms with van der Waals surface area (Å²) in [6, 6.07) is 0. The van der Waals surface area contributed by atoms with Crippen LogP contribution in [0.4, 0.5) is 0 Å². The first kappa shape index (κ1) is 14.8. The lowest BCUT2D eigenvalue weighted by Crippen LogP contribution is -2.10. The molecule has 0 bridgehead atoms. The molecule has 0 unspecified atom stereocenters. The van der Waals surface area contributed by atoms with Crippen molar-refractivity contribution in [2.24, 2.45) is 0 Å². The second-order valence-corrected chi connectivity index (χ2v) is 2.87. The van der Waals surface area contributed by atoms with Crippen molar-refractivity contribution in [3.63, 3.8) is 0 Å². The number of nitrogens with one attached hydrogen (secondary N) is 1. The molecule has 0 fully saturated rings. The maximum atomic E-state index is 3.81. The topological polar surface area (TPSA) is 12.0 Å². The predicted molar refractivity (Wildman–Crippen MR) is 62.6 cm³/mol. The van der Waals surface area contributed by atoms with Gasteiger partial charge in [-0.05, 0) is 26.7 Å². The Morgan fingerprint density at radius 2 is 1.54 bits per heavy atom. The summed E-state index contributed by atoms with van der Waals surface area (Å²) in [6.45, 7) is 16.3. The molecule has 0 radical (unpaired) electrons. The van der Waals surface area contributed by atoms with Crippen LogP contribution >= 0.6 is 0 Å². The summed E-state index contributed by atoms with van der Waals surface area (Å²) in [4.78, 5) is 0. The summed E-state index contributed by atoms with van der Waals surface area (Å²) in [5.41, 5.74) is 3.77. The molecular formula is C12H25N. The Bertz CT molecular complexity index is 166. The smallest absolute Gasteiger partial charge is 0.0134 e. The molecule has 1 nitrogen and oxygen atoms in total. The first-order chi connectivity index (χ1) is 6.11. The van der Waals surface area contributed by atoms with Crippen LogP contribution in [0.5, 0.6) is 0 Å². The third-order valence-electron chi connectivity index (χ3n) is 1.76. The van der Waals surface area contributed by atoms with Crippen molar-refractivity contribution in [1.29, 1.82) is 0 Å². The molecular weight excluding hydrogens is 158 g/mol. The second-order valence-electron chi connectivity index (χ2n) is 2.87. The van der Waals surface area contributed by atoms with Gasteiger partial charge in [0, 0.05) is 11.4 Å². The quantitative estimate of drug-likeness (QED) is 0.687. The lowest BCUT2D eigenvalue weighted by atomic mass is 10.1. The lowest BCUT2D eigenvalue weighted by Gasteiger charge is -2.11. The van der Waals surface area contributed by atoms with Gasteiger partial charge >= 0.3 is 0 Å². The summed E-state index contributed by atoms with van der Waals surface area (Å²) < 4.78 is 0. The van der Waals surface area contributed by atoms with E-state index in [2.05, 4.69) is 32.7 Å². The fourth-order valence-corrected chi connectivity index (χ4v) is 0.968. The maximum absolute atomic E-state index is 3.81. The van der Waals surface area contributed by atoms with Gasteiger partial charge in [-0.25, -0.2) is 0 Å². The highest BCUT2D eigenvalue weighted by Crippen LogP contribution is 2.09. The van der Waals surface area contributed by atoms with Gasteiger partial charge in [-0.3, -0.25) is 0 Å². The van der Waals surface area contributed by atoms with E-state index in [1.54, 1.807) is 0 Å². The van der Waals surface area contributed by atoms with E-state index in [4.69, 9.17) is 0 Å². The second kappa shape index (κ2) is 9.37. The van der Waals surface area contributed by atoms with E-state index in [0.29, 0.717) is 0 Å². The predicted octanol–water partition coefficient (Wildman–Crippen LogP) is 4.23. The zero-order chi connectivity index (χ0) is 10.9. The van der Waals surface area contributed by atoms with E-state index < -0.39 is 0 Å². The molecule has 0 aromatic rings. The molecule has 0 amide bonds. The van der Waals surface area contributed by atoms with Crippen LogP contribution in [0.1, 0.15) is 54.4 Å². The van der Waals surface area contributed by atoms with Crippen molar-refractivity contribution in [2.45, 2.75) is 54.4 Å². The first-order valence-electron chi connectivity index (χ1n) is 5.22. The average molecular weight is 183 g/mol. The van der Waals surface area contributed by atoms with Crippen molar-refractivity contribution in [1.82, 2.24) is 5.32 Å². The SMILES string of the molecule is C=C(C)N/C(CC)=C(\C)CC.CC. The Morgan fingerprint density at radius 3 is 1.77 bits per heavy atom. The number of rotatable bonds is 4. The third kappa shape index (κ3) is 7.63. The van der Waals surface area contributed by atoms with Gasteiger partial charge in [0.2, 0.25) is 0 Å². The van der Waals surface area contributed by atoms with E-state index in [1.807, 2.05) is 20.8 Å². The molecule has 0 rings (SSSR count). The number of allylic oxidation sites excluding steroid dienone is 3. The Hall–Kier alpha value is -0.720. The molecule has 0 saturated heterocycles. The highest BCUT2D eigenvalue weighted by atomic mass is 14.9. The summed E-state index contributed by atoms with van der Waals surface area (Å²) in [5.74, 6) is 0. The summed E-state index contributed by atoms with van der Waals surface area (Å²) in [5, 5.41) is 3.27. The van der Waals surface area contributed by atoms with E-state index in [0.717, 1.165) is 18.5 Å². The molecule has 0 aliphatic rings. The van der Waals surface area contributed by atoms with Crippen molar-refractivity contribution in [3.05, 3.63) is 23.5 Å². The molecule has 1 heteroatoms. The van der Waals surface area contributed by atoms with Gasteiger partial charge in [-0.2, -0.15) is 0 Å². The Morgan fingerprint density at radius 1 is 1.08 bits per heavy atom. The van der Waals surface area contributed by atoms with Crippen molar-refractivity contribution < 1.29 is 0 Å². The molecule has 0 atom stereocenters. The first-order valence-corrected chi connectivity index (χ1v) is 5.22. The van der Waals surface area contributed by atoms with Crippen molar-refractivity contribution in [2.75, 3.05) is 0 Å². The van der Waals surface area contributed by atoms with E-state index in [-0.39, 0.29) is 0 Å². The maximum Gasteiger partial charge on any atom is 0.0134 e. The molecule has 0 spiro atoms. The van der Waals surface area contributed by atoms with Crippen LogP contribution in [0, 0.1) is 0 Å². The van der Waals surface area contributed by atoms with Crippen molar-refractivity contribution >= 4 is 0 Å². The molecule has 0 saturated carbocycles. The van der Waals surface area contributed by atoms with E-state index in [9.17, 15) is 0 Å². The van der Waals surface area contributed by atoms with Crippen LogP contribution < -0.4 is 5.32 Å². The number of hydrogen-bond donors (Lipinski definition) is 1. The van der Waals surface area contributed by atoms with E-state index >= 15 is 0 Å². The molecule has 0 heterocycles. The molecule has 0 aromatic heterocycles. The molecule has 0 aromatic carbocycles. The van der Waals surface area contributed by atoms with Gasteiger partial charge in [-0.1, -0.05) is 39.8 Å². The van der Waals surface area contributed by atoms with Crippen molar-refractivity contribution in [3.8, 4) is 0 Å². The fourth-order valence-electron chi connectivity index (χ4n) is 0.968. The van der Waals surface area contributed by atoms with Crippen LogP contribution in [0.15, 0.2) is 23.5 Å². The van der Waals surface area contributed by atoms with Gasteiger partial charge in [-0.15, -0.1) is 0 Å². The van der Waals surface area contributed by atoms with Gasteiger partial charge in [0.05, 0.1) is 0 Å². The standard InChI is InChI=1S/C10H19N.C2H6/c1-6-9(5)10(7-2)11-8(3)4;1-2/h11H,3,6-7H2,1-2,4-5H3;1-2H3/b10-9+;. The Balaban J connectivity index is 0. The average Bonchev–Trinajstić information content (AvgIpc) is 2.16. The third-order valence-corrected chi connectivity index (χ3v) is 1.76. The minimum atomic E-state index is 1.02. The highest BCUT2D eigenvalue weighted by molar-refractivity contribution is 5.13. The largest absolute Gasteiger partial charge is 0.363 e. The molecule has 0 aliphatic carbocycles. The minimum absolute atomic E-state index is 1.02. The van der Waals surface area contributed by atoms with Gasteiger partial charge in [0.25, 0.3) is 0 Å². The molecule has 13 heavy (non-hydrogen) atoms. The minimum Gasteiger partial charge on any atom is -0.363 e. The zero-order valence-electron chi connectivity index (χ0n) is 10.1. The van der Waals surface area contributed by atoms with Crippen LogP contribution in [-0.2, 0) is 0 Å². The van der Waals surface area contributed by atoms with Gasteiger partial charge < -0.3 is 5.32 Å². The monoisotopic (exact) mass is 183 g/mol. The fraction of sp³-hybridized carbons (Fsp3) is 0.667. The van der Waals surface area contributed by atoms with Crippen LogP contribution in [0.3, 0.4) is 0 Å². The summed E-state index contributed by atoms with van der Waals surface area (Å²) >= 11 is 0. The summed E-state index contributed by atoms with van der Waals surface area (Å²) in [6.07, 6.45) is 2.18. The van der Waals surface area contributed by atoms with Crippen LogP contribution in [0.25, 0.3) is 0 Å². The van der Waals surface area contributed by atoms with Crippen LogP contribution in [-0.4, -0.2) is 0 Å². The summed E-state index contributed by atoms with van der Waals surface area (Å²) in [7, 11) is 0. The molecule has 0 aliphatic heterocycles. The molecule has 78 valence electrons. The van der Waals surface area contributed by atoms with Gasteiger partial charge in [0.1, 0.15) is 0 Å². The lowest BCUT2D eigenvalue weighted by molar-refractivity contribution is 0.849. The van der Waals surface area contributed by atoms with Gasteiger partial charge in [0.15, 0.2) is 0 Å². The zero-order valence-corrected chi connectivity index (χ0v) is 10.1.